The Kier molecular flexibility index (Phi) is 12.3. The molecule has 2 aromatic rings. The van der Waals surface area contributed by atoms with Crippen LogP contribution in [-0.4, -0.2) is 51.2 Å². The van der Waals surface area contributed by atoms with Crippen LogP contribution in [0.15, 0.2) is 30.3 Å². The maximum atomic E-state index is 13.3. The Balaban J connectivity index is 2.09. The molecule has 7 nitrogen and oxygen atoms in total. The van der Waals surface area contributed by atoms with Crippen LogP contribution in [0.5, 0.6) is 23.0 Å². The number of phenolic OH excluding ortho intramolecular Hbond substituents is 1. The summed E-state index contributed by atoms with van der Waals surface area (Å²) in [5.74, 6) is -0.636. The fourth-order valence-corrected chi connectivity index (χ4v) is 4.32. The van der Waals surface area contributed by atoms with Crippen molar-refractivity contribution in [3.8, 4) is 23.0 Å². The van der Waals surface area contributed by atoms with Gasteiger partial charge in [-0.15, -0.1) is 0 Å². The highest BCUT2D eigenvalue weighted by atomic mass is 16.5. The average Bonchev–Trinajstić information content (AvgIpc) is 2.89. The zero-order valence-corrected chi connectivity index (χ0v) is 22.2. The molecule has 36 heavy (non-hydrogen) atoms. The molecule has 0 aromatic heterocycles. The molecule has 0 saturated heterocycles. The maximum Gasteiger partial charge on any atom is 0.204 e. The third kappa shape index (κ3) is 7.47. The fourth-order valence-electron chi connectivity index (χ4n) is 4.32. The van der Waals surface area contributed by atoms with Gasteiger partial charge < -0.3 is 24.1 Å². The molecular formula is C29H40O7. The third-order valence-corrected chi connectivity index (χ3v) is 6.33. The number of methoxy groups -OCH3 is 4. The van der Waals surface area contributed by atoms with Gasteiger partial charge in [-0.1, -0.05) is 57.9 Å². The number of benzene rings is 2. The van der Waals surface area contributed by atoms with Gasteiger partial charge in [-0.05, 0) is 42.7 Å². The average molecular weight is 501 g/mol. The topological polar surface area (TPSA) is 91.3 Å². The maximum absolute atomic E-state index is 13.3. The number of phenols is 1. The van der Waals surface area contributed by atoms with Gasteiger partial charge in [0.2, 0.25) is 17.3 Å². The lowest BCUT2D eigenvalue weighted by Crippen LogP contribution is -2.32. The summed E-state index contributed by atoms with van der Waals surface area (Å²) in [4.78, 5) is 26.5. The van der Waals surface area contributed by atoms with Crippen molar-refractivity contribution >= 4 is 11.6 Å². The molecule has 2 aromatic carbocycles. The molecule has 0 saturated carbocycles. The normalized spacial score (nSPS) is 11.7. The molecule has 2 rings (SSSR count). The Morgan fingerprint density at radius 3 is 1.89 bits per heavy atom. The van der Waals surface area contributed by atoms with E-state index in [1.807, 2.05) is 6.07 Å². The molecule has 0 radical (unpaired) electrons. The van der Waals surface area contributed by atoms with Crippen LogP contribution in [0.1, 0.15) is 84.6 Å². The minimum atomic E-state index is -1.46. The fraction of sp³-hybridized carbons (Fsp3) is 0.517. The van der Waals surface area contributed by atoms with Crippen molar-refractivity contribution in [1.82, 2.24) is 0 Å². The highest BCUT2D eigenvalue weighted by molar-refractivity contribution is 6.20. The molecule has 0 heterocycles. The summed E-state index contributed by atoms with van der Waals surface area (Å²) in [5.41, 5.74) is 1.10. The molecule has 0 aliphatic carbocycles. The molecule has 0 bridgehead atoms. The van der Waals surface area contributed by atoms with Crippen molar-refractivity contribution in [2.75, 3.05) is 28.4 Å². The Morgan fingerprint density at radius 1 is 0.750 bits per heavy atom. The second kappa shape index (κ2) is 15.1. The number of hydrogen-bond donors (Lipinski definition) is 1. The lowest BCUT2D eigenvalue weighted by Gasteiger charge is -2.18. The minimum Gasteiger partial charge on any atom is -0.507 e. The number of carbonyl (C=O) groups excluding carboxylic acids is 2. The van der Waals surface area contributed by atoms with Gasteiger partial charge in [-0.25, -0.2) is 0 Å². The number of carbonyl (C=O) groups is 2. The van der Waals surface area contributed by atoms with Crippen LogP contribution in [0.2, 0.25) is 0 Å². The van der Waals surface area contributed by atoms with Gasteiger partial charge in [0.25, 0.3) is 0 Å². The summed E-state index contributed by atoms with van der Waals surface area (Å²) in [6.45, 7) is 2.22. The summed E-state index contributed by atoms with van der Waals surface area (Å²) in [6, 6.07) is 8.03. The predicted octanol–water partition coefficient (Wildman–Crippen LogP) is 6.18. The predicted molar refractivity (Wildman–Crippen MR) is 140 cm³/mol. The van der Waals surface area contributed by atoms with Crippen molar-refractivity contribution in [3.05, 3.63) is 47.0 Å². The smallest absolute Gasteiger partial charge is 0.204 e. The van der Waals surface area contributed by atoms with E-state index < -0.39 is 17.7 Å². The Hall–Kier alpha value is -3.06. The van der Waals surface area contributed by atoms with Crippen LogP contribution < -0.4 is 14.2 Å². The number of ether oxygens (including phenoxy) is 4. The zero-order valence-electron chi connectivity index (χ0n) is 22.2. The highest BCUT2D eigenvalue weighted by Crippen LogP contribution is 2.40. The Morgan fingerprint density at radius 2 is 1.33 bits per heavy atom. The van der Waals surface area contributed by atoms with Gasteiger partial charge >= 0.3 is 0 Å². The van der Waals surface area contributed by atoms with Gasteiger partial charge in [-0.2, -0.15) is 0 Å². The second-order valence-electron chi connectivity index (χ2n) is 8.80. The van der Waals surface area contributed by atoms with Gasteiger partial charge in [0.05, 0.1) is 32.5 Å². The van der Waals surface area contributed by atoms with Crippen molar-refractivity contribution in [1.29, 1.82) is 0 Å². The van der Waals surface area contributed by atoms with Crippen LogP contribution in [0.25, 0.3) is 0 Å². The molecule has 198 valence electrons. The van der Waals surface area contributed by atoms with Crippen molar-refractivity contribution in [2.24, 2.45) is 0 Å². The van der Waals surface area contributed by atoms with E-state index >= 15 is 0 Å². The first-order valence-electron chi connectivity index (χ1n) is 12.6. The van der Waals surface area contributed by atoms with Crippen molar-refractivity contribution < 1.29 is 33.6 Å². The number of hydrogen-bond acceptors (Lipinski definition) is 7. The summed E-state index contributed by atoms with van der Waals surface area (Å²) in [6.07, 6.45) is 9.17. The molecule has 1 atom stereocenters. The summed E-state index contributed by atoms with van der Waals surface area (Å²) in [5, 5.41) is 10.6. The van der Waals surface area contributed by atoms with Gasteiger partial charge in [0, 0.05) is 7.11 Å². The van der Waals surface area contributed by atoms with Gasteiger partial charge in [0.15, 0.2) is 17.6 Å². The molecule has 0 amide bonds. The Bertz CT molecular complexity index is 999. The largest absolute Gasteiger partial charge is 0.507 e. The number of ketones is 2. The molecule has 0 spiro atoms. The monoisotopic (exact) mass is 500 g/mol. The van der Waals surface area contributed by atoms with E-state index in [9.17, 15) is 14.7 Å². The van der Waals surface area contributed by atoms with E-state index in [0.717, 1.165) is 24.8 Å². The first kappa shape index (κ1) is 29.2. The SMILES string of the molecule is CCCCCCCCCCc1ccc(C(=O)C(OC)C(=O)c2ccc(OC)c(OC)c2OC)c(O)c1. The van der Waals surface area contributed by atoms with E-state index in [1.54, 1.807) is 18.2 Å². The van der Waals surface area contributed by atoms with Crippen molar-refractivity contribution in [2.45, 2.75) is 70.8 Å². The van der Waals surface area contributed by atoms with E-state index in [4.69, 9.17) is 18.9 Å². The van der Waals surface area contributed by atoms with Crippen LogP contribution >= 0.6 is 0 Å². The highest BCUT2D eigenvalue weighted by Gasteiger charge is 2.33. The molecule has 7 heteroatoms. The summed E-state index contributed by atoms with van der Waals surface area (Å²) < 4.78 is 21.3. The Labute approximate surface area is 214 Å². The van der Waals surface area contributed by atoms with Crippen LogP contribution in [0, 0.1) is 0 Å². The van der Waals surface area contributed by atoms with Gasteiger partial charge in [-0.3, -0.25) is 9.59 Å². The second-order valence-corrected chi connectivity index (χ2v) is 8.80. The molecule has 1 N–H and O–H groups in total. The van der Waals surface area contributed by atoms with Crippen LogP contribution in [0.3, 0.4) is 0 Å². The number of aryl methyl sites for hydroxylation is 1. The van der Waals surface area contributed by atoms with E-state index in [1.165, 1.54) is 73.0 Å². The first-order valence-corrected chi connectivity index (χ1v) is 12.6. The van der Waals surface area contributed by atoms with Crippen LogP contribution in [0.4, 0.5) is 0 Å². The number of Topliss-reactive ketones (excluding diaryl/α,β-unsaturated/α-hetero) is 2. The molecular weight excluding hydrogens is 460 g/mol. The van der Waals surface area contributed by atoms with Crippen molar-refractivity contribution in [3.63, 3.8) is 0 Å². The minimum absolute atomic E-state index is 0.0364. The molecule has 1 unspecified atom stereocenters. The van der Waals surface area contributed by atoms with E-state index in [-0.39, 0.29) is 28.4 Å². The third-order valence-electron chi connectivity index (χ3n) is 6.33. The summed E-state index contributed by atoms with van der Waals surface area (Å²) in [7, 11) is 5.58. The van der Waals surface area contributed by atoms with Crippen LogP contribution in [-0.2, 0) is 11.2 Å². The lowest BCUT2D eigenvalue weighted by atomic mass is 9.95. The number of unbranched alkanes of at least 4 members (excludes halogenated alkanes) is 7. The van der Waals surface area contributed by atoms with Gasteiger partial charge in [0.1, 0.15) is 5.75 Å². The first-order chi connectivity index (χ1) is 17.4. The molecule has 0 aliphatic rings. The number of aromatic hydroxyl groups is 1. The zero-order chi connectivity index (χ0) is 26.5. The summed E-state index contributed by atoms with van der Waals surface area (Å²) >= 11 is 0. The standard InChI is InChI=1S/C29H40O7/c1-6-7-8-9-10-11-12-13-14-20-15-16-21(23(30)19-20)25(31)29(36-5)26(32)22-17-18-24(33-2)28(35-4)27(22)34-3/h15-19,29-30H,6-14H2,1-5H3. The quantitative estimate of drug-likeness (QED) is 0.157. The van der Waals surface area contributed by atoms with E-state index in [0.29, 0.717) is 5.75 Å². The molecule has 0 aliphatic heterocycles. The lowest BCUT2D eigenvalue weighted by molar-refractivity contribution is 0.0510. The molecule has 0 fully saturated rings. The van der Waals surface area contributed by atoms with E-state index in [2.05, 4.69) is 6.92 Å². The number of rotatable bonds is 17.